The predicted octanol–water partition coefficient (Wildman–Crippen LogP) is 2.23. The summed E-state index contributed by atoms with van der Waals surface area (Å²) in [5, 5.41) is 2.81. The molecule has 0 aliphatic carbocycles. The van der Waals surface area contributed by atoms with Crippen molar-refractivity contribution in [2.24, 2.45) is 5.73 Å². The van der Waals surface area contributed by atoms with Crippen LogP contribution in [0, 0.1) is 0 Å². The molecule has 102 valence electrons. The standard InChI is InChI=1S/C12H17BrN2O2.ClH/c1-8(14)5-12(16)15-7-9-3-4-11(17-2)10(13)6-9;/h3-4,6,8H,5,7,14H2,1-2H3,(H,15,16);1H. The molecule has 0 spiro atoms. The number of hydrogen-bond donors (Lipinski definition) is 2. The molecule has 0 aromatic heterocycles. The summed E-state index contributed by atoms with van der Waals surface area (Å²) in [7, 11) is 1.62. The van der Waals surface area contributed by atoms with Gasteiger partial charge in [-0.05, 0) is 40.5 Å². The zero-order valence-electron chi connectivity index (χ0n) is 10.4. The smallest absolute Gasteiger partial charge is 0.221 e. The van der Waals surface area contributed by atoms with Gasteiger partial charge in [0.25, 0.3) is 0 Å². The van der Waals surface area contributed by atoms with Crippen molar-refractivity contribution in [2.45, 2.75) is 25.9 Å². The van der Waals surface area contributed by atoms with Crippen molar-refractivity contribution >= 4 is 34.2 Å². The summed E-state index contributed by atoms with van der Waals surface area (Å²) in [6.07, 6.45) is 0.345. The minimum Gasteiger partial charge on any atom is -0.496 e. The second-order valence-electron chi connectivity index (χ2n) is 3.93. The molecule has 1 aromatic carbocycles. The van der Waals surface area contributed by atoms with Crippen LogP contribution in [-0.4, -0.2) is 19.1 Å². The normalized spacial score (nSPS) is 11.3. The lowest BCUT2D eigenvalue weighted by molar-refractivity contribution is -0.121. The van der Waals surface area contributed by atoms with Gasteiger partial charge in [0.1, 0.15) is 5.75 Å². The van der Waals surface area contributed by atoms with E-state index < -0.39 is 0 Å². The highest BCUT2D eigenvalue weighted by molar-refractivity contribution is 9.10. The molecule has 18 heavy (non-hydrogen) atoms. The molecular weight excluding hydrogens is 320 g/mol. The first-order chi connectivity index (χ1) is 8.02. The van der Waals surface area contributed by atoms with Gasteiger partial charge in [0.2, 0.25) is 5.91 Å². The summed E-state index contributed by atoms with van der Waals surface area (Å²) in [4.78, 5) is 11.4. The number of carbonyl (C=O) groups is 1. The summed E-state index contributed by atoms with van der Waals surface area (Å²) in [6.45, 7) is 2.30. The number of hydrogen-bond acceptors (Lipinski definition) is 3. The Kier molecular flexibility index (Phi) is 7.98. The van der Waals surface area contributed by atoms with Crippen molar-refractivity contribution in [3.05, 3.63) is 28.2 Å². The molecule has 3 N–H and O–H groups in total. The van der Waals surface area contributed by atoms with Crippen LogP contribution in [0.1, 0.15) is 18.9 Å². The van der Waals surface area contributed by atoms with Gasteiger partial charge in [0.15, 0.2) is 0 Å². The van der Waals surface area contributed by atoms with Crippen molar-refractivity contribution in [2.75, 3.05) is 7.11 Å². The van der Waals surface area contributed by atoms with Gasteiger partial charge in [-0.3, -0.25) is 4.79 Å². The van der Waals surface area contributed by atoms with Crippen LogP contribution in [0.25, 0.3) is 0 Å². The van der Waals surface area contributed by atoms with E-state index in [1.165, 1.54) is 0 Å². The molecule has 0 fully saturated rings. The van der Waals surface area contributed by atoms with Gasteiger partial charge in [-0.15, -0.1) is 12.4 Å². The first-order valence-electron chi connectivity index (χ1n) is 5.37. The third-order valence-electron chi connectivity index (χ3n) is 2.21. The lowest BCUT2D eigenvalue weighted by atomic mass is 10.2. The highest BCUT2D eigenvalue weighted by Gasteiger charge is 2.05. The lowest BCUT2D eigenvalue weighted by Crippen LogP contribution is -2.29. The van der Waals surface area contributed by atoms with E-state index in [1.54, 1.807) is 7.11 Å². The number of amides is 1. The van der Waals surface area contributed by atoms with Crippen LogP contribution in [0.5, 0.6) is 5.75 Å². The van der Waals surface area contributed by atoms with Crippen LogP contribution in [0.15, 0.2) is 22.7 Å². The van der Waals surface area contributed by atoms with Crippen molar-refractivity contribution in [1.29, 1.82) is 0 Å². The van der Waals surface area contributed by atoms with Crippen LogP contribution in [0.2, 0.25) is 0 Å². The Bertz CT molecular complexity index is 400. The Labute approximate surface area is 122 Å². The van der Waals surface area contributed by atoms with E-state index in [9.17, 15) is 4.79 Å². The number of nitrogens with one attached hydrogen (secondary N) is 1. The molecule has 0 aliphatic heterocycles. The molecule has 1 aromatic rings. The fourth-order valence-electron chi connectivity index (χ4n) is 1.39. The number of halogens is 2. The molecule has 0 saturated carbocycles. The fraction of sp³-hybridized carbons (Fsp3) is 0.417. The third kappa shape index (κ3) is 5.71. The van der Waals surface area contributed by atoms with Gasteiger partial charge in [0.05, 0.1) is 11.6 Å². The van der Waals surface area contributed by atoms with Crippen LogP contribution < -0.4 is 15.8 Å². The van der Waals surface area contributed by atoms with E-state index in [4.69, 9.17) is 10.5 Å². The summed E-state index contributed by atoms with van der Waals surface area (Å²) in [5.74, 6) is 0.739. The first-order valence-corrected chi connectivity index (χ1v) is 6.17. The van der Waals surface area contributed by atoms with E-state index in [-0.39, 0.29) is 24.4 Å². The Hall–Kier alpha value is -0.780. The number of rotatable bonds is 5. The minimum absolute atomic E-state index is 0. The second-order valence-corrected chi connectivity index (χ2v) is 4.78. The number of nitrogens with two attached hydrogens (primary N) is 1. The Balaban J connectivity index is 0.00000289. The zero-order chi connectivity index (χ0) is 12.8. The molecule has 0 heterocycles. The maximum atomic E-state index is 11.4. The van der Waals surface area contributed by atoms with Gasteiger partial charge in [0, 0.05) is 19.0 Å². The number of methoxy groups -OCH3 is 1. The molecule has 0 aliphatic rings. The quantitative estimate of drug-likeness (QED) is 0.866. The summed E-state index contributed by atoms with van der Waals surface area (Å²) < 4.78 is 6.00. The van der Waals surface area contributed by atoms with Crippen molar-refractivity contribution < 1.29 is 9.53 Å². The van der Waals surface area contributed by atoms with E-state index in [1.807, 2.05) is 25.1 Å². The van der Waals surface area contributed by atoms with Gasteiger partial charge in [-0.2, -0.15) is 0 Å². The average Bonchev–Trinajstić information content (AvgIpc) is 2.25. The van der Waals surface area contributed by atoms with Gasteiger partial charge < -0.3 is 15.8 Å². The molecule has 0 radical (unpaired) electrons. The number of benzene rings is 1. The highest BCUT2D eigenvalue weighted by atomic mass is 79.9. The van der Waals surface area contributed by atoms with Crippen LogP contribution in [-0.2, 0) is 11.3 Å². The Morgan fingerprint density at radius 2 is 2.22 bits per heavy atom. The van der Waals surface area contributed by atoms with Crippen LogP contribution in [0.3, 0.4) is 0 Å². The Morgan fingerprint density at radius 1 is 1.56 bits per heavy atom. The van der Waals surface area contributed by atoms with E-state index in [0.717, 1.165) is 15.8 Å². The lowest BCUT2D eigenvalue weighted by Gasteiger charge is -2.09. The van der Waals surface area contributed by atoms with Crippen molar-refractivity contribution in [3.63, 3.8) is 0 Å². The summed E-state index contributed by atoms with van der Waals surface area (Å²) >= 11 is 3.40. The Morgan fingerprint density at radius 3 is 2.72 bits per heavy atom. The third-order valence-corrected chi connectivity index (χ3v) is 2.83. The average molecular weight is 338 g/mol. The maximum Gasteiger partial charge on any atom is 0.221 e. The van der Waals surface area contributed by atoms with Crippen molar-refractivity contribution in [3.8, 4) is 5.75 Å². The zero-order valence-corrected chi connectivity index (χ0v) is 12.8. The molecule has 1 amide bonds. The predicted molar refractivity (Wildman–Crippen MR) is 78.1 cm³/mol. The molecule has 0 saturated heterocycles. The van der Waals surface area contributed by atoms with E-state index in [2.05, 4.69) is 21.2 Å². The van der Waals surface area contributed by atoms with E-state index in [0.29, 0.717) is 13.0 Å². The van der Waals surface area contributed by atoms with Gasteiger partial charge >= 0.3 is 0 Å². The highest BCUT2D eigenvalue weighted by Crippen LogP contribution is 2.25. The number of ether oxygens (including phenoxy) is 1. The second kappa shape index (κ2) is 8.34. The molecular formula is C12H18BrClN2O2. The minimum atomic E-state index is -0.113. The summed E-state index contributed by atoms with van der Waals surface area (Å²) in [5.41, 5.74) is 6.55. The number of carbonyl (C=O) groups excluding carboxylic acids is 1. The molecule has 1 rings (SSSR count). The molecule has 0 bridgehead atoms. The van der Waals surface area contributed by atoms with Crippen LogP contribution in [0.4, 0.5) is 0 Å². The topological polar surface area (TPSA) is 64.3 Å². The maximum absolute atomic E-state index is 11.4. The molecule has 4 nitrogen and oxygen atoms in total. The van der Waals surface area contributed by atoms with E-state index >= 15 is 0 Å². The summed E-state index contributed by atoms with van der Waals surface area (Å²) in [6, 6.07) is 5.58. The SMILES string of the molecule is COc1ccc(CNC(=O)CC(C)N)cc1Br.Cl. The largest absolute Gasteiger partial charge is 0.496 e. The van der Waals surface area contributed by atoms with Crippen LogP contribution >= 0.6 is 28.3 Å². The molecule has 1 atom stereocenters. The van der Waals surface area contributed by atoms with Crippen molar-refractivity contribution in [1.82, 2.24) is 5.32 Å². The molecule has 1 unspecified atom stereocenters. The van der Waals surface area contributed by atoms with Gasteiger partial charge in [-0.1, -0.05) is 6.07 Å². The van der Waals surface area contributed by atoms with Gasteiger partial charge in [-0.25, -0.2) is 0 Å². The molecule has 6 heteroatoms. The first kappa shape index (κ1) is 17.2. The fourth-order valence-corrected chi connectivity index (χ4v) is 1.97. The monoisotopic (exact) mass is 336 g/mol.